The largest absolute Gasteiger partial charge is 0.444 e. The first-order chi connectivity index (χ1) is 12.9. The first-order valence-electron chi connectivity index (χ1n) is 9.24. The predicted molar refractivity (Wildman–Crippen MR) is 95.7 cm³/mol. The highest BCUT2D eigenvalue weighted by atomic mass is 19.4. The fraction of sp³-hybridized carbons (Fsp3) is 0.632. The van der Waals surface area contributed by atoms with Crippen LogP contribution in [0.5, 0.6) is 0 Å². The second kappa shape index (κ2) is 6.93. The van der Waals surface area contributed by atoms with E-state index in [9.17, 15) is 22.8 Å². The summed E-state index contributed by atoms with van der Waals surface area (Å²) in [5.41, 5.74) is -2.41. The molecule has 0 aliphatic carbocycles. The Morgan fingerprint density at radius 2 is 1.75 bits per heavy atom. The highest BCUT2D eigenvalue weighted by molar-refractivity contribution is 6.00. The lowest BCUT2D eigenvalue weighted by molar-refractivity contribution is -0.137. The van der Waals surface area contributed by atoms with Crippen LogP contribution in [0.3, 0.4) is 0 Å². The van der Waals surface area contributed by atoms with Crippen LogP contribution in [0.2, 0.25) is 0 Å². The van der Waals surface area contributed by atoms with Gasteiger partial charge in [-0.25, -0.2) is 4.79 Å². The van der Waals surface area contributed by atoms with Crippen LogP contribution < -0.4 is 4.90 Å². The molecule has 28 heavy (non-hydrogen) atoms. The number of rotatable bonds is 1. The smallest absolute Gasteiger partial charge is 0.418 e. The molecule has 2 aliphatic heterocycles. The summed E-state index contributed by atoms with van der Waals surface area (Å²) >= 11 is 0. The molecule has 1 spiro atoms. The van der Waals surface area contributed by atoms with Gasteiger partial charge in [0.1, 0.15) is 5.60 Å². The van der Waals surface area contributed by atoms with Crippen LogP contribution in [-0.4, -0.2) is 47.1 Å². The van der Waals surface area contributed by atoms with Crippen molar-refractivity contribution in [1.82, 2.24) is 9.88 Å². The highest BCUT2D eigenvalue weighted by Gasteiger charge is 2.50. The maximum Gasteiger partial charge on any atom is 0.418 e. The Balaban J connectivity index is 1.73. The van der Waals surface area contributed by atoms with E-state index in [1.807, 2.05) is 0 Å². The van der Waals surface area contributed by atoms with Crippen molar-refractivity contribution < 1.29 is 27.5 Å². The SMILES string of the molecule is CC(C)(C)OC(=O)N1CCC2(CC1)CCN(c1cnccc1C(F)(F)F)C2=O. The number of pyridine rings is 1. The second-order valence-electron chi connectivity index (χ2n) is 8.35. The van der Waals surface area contributed by atoms with Gasteiger partial charge in [-0.2, -0.15) is 13.2 Å². The van der Waals surface area contributed by atoms with Crippen LogP contribution in [-0.2, 0) is 15.7 Å². The third-order valence-electron chi connectivity index (χ3n) is 5.28. The van der Waals surface area contributed by atoms with Gasteiger partial charge in [0.25, 0.3) is 0 Å². The molecule has 3 heterocycles. The van der Waals surface area contributed by atoms with Gasteiger partial charge in [0.2, 0.25) is 5.91 Å². The van der Waals surface area contributed by atoms with Crippen LogP contribution in [0.25, 0.3) is 0 Å². The molecule has 2 aliphatic rings. The predicted octanol–water partition coefficient (Wildman–Crippen LogP) is 3.85. The van der Waals surface area contributed by atoms with Crippen LogP contribution in [0.1, 0.15) is 45.6 Å². The van der Waals surface area contributed by atoms with Crippen molar-refractivity contribution in [2.75, 3.05) is 24.5 Å². The molecule has 1 aromatic heterocycles. The first kappa shape index (κ1) is 20.4. The standard InChI is InChI=1S/C19H24F3N3O3/c1-17(2,3)28-16(27)24-9-5-18(6-10-24)7-11-25(15(18)26)14-12-23-8-4-13(14)19(20,21)22/h4,8,12H,5-7,9-11H2,1-3H3. The minimum absolute atomic E-state index is 0.202. The number of amides is 2. The van der Waals surface area contributed by atoms with E-state index in [0.717, 1.165) is 18.5 Å². The van der Waals surface area contributed by atoms with Crippen molar-refractivity contribution in [3.63, 3.8) is 0 Å². The molecule has 3 rings (SSSR count). The van der Waals surface area contributed by atoms with E-state index in [0.29, 0.717) is 32.4 Å². The van der Waals surface area contributed by atoms with Gasteiger partial charge in [0.05, 0.1) is 22.9 Å². The maximum absolute atomic E-state index is 13.3. The lowest BCUT2D eigenvalue weighted by Crippen LogP contribution is -2.48. The Labute approximate surface area is 161 Å². The van der Waals surface area contributed by atoms with Crippen LogP contribution >= 0.6 is 0 Å². The Bertz CT molecular complexity index is 766. The number of ether oxygens (including phenoxy) is 1. The number of piperidine rings is 1. The van der Waals surface area contributed by atoms with E-state index in [1.165, 1.54) is 4.90 Å². The number of alkyl halides is 3. The number of nitrogens with zero attached hydrogens (tertiary/aromatic N) is 3. The molecule has 0 unspecified atom stereocenters. The number of halogens is 3. The van der Waals surface area contributed by atoms with Crippen molar-refractivity contribution in [3.05, 3.63) is 24.0 Å². The summed E-state index contributed by atoms with van der Waals surface area (Å²) in [5, 5.41) is 0. The number of carbonyl (C=O) groups is 2. The number of likely N-dealkylation sites (tertiary alicyclic amines) is 1. The molecule has 154 valence electrons. The molecule has 0 N–H and O–H groups in total. The third kappa shape index (κ3) is 3.93. The van der Waals surface area contributed by atoms with E-state index in [4.69, 9.17) is 4.74 Å². The van der Waals surface area contributed by atoms with Gasteiger partial charge in [-0.05, 0) is 46.1 Å². The molecular formula is C19H24F3N3O3. The molecule has 0 aromatic carbocycles. The zero-order chi connectivity index (χ0) is 20.7. The Hall–Kier alpha value is -2.32. The van der Waals surface area contributed by atoms with Gasteiger partial charge in [-0.1, -0.05) is 0 Å². The van der Waals surface area contributed by atoms with E-state index in [2.05, 4.69) is 4.98 Å². The summed E-state index contributed by atoms with van der Waals surface area (Å²) in [4.78, 5) is 31.8. The van der Waals surface area contributed by atoms with E-state index in [1.54, 1.807) is 25.7 Å². The summed E-state index contributed by atoms with van der Waals surface area (Å²) in [6.45, 7) is 6.23. The van der Waals surface area contributed by atoms with Gasteiger partial charge < -0.3 is 14.5 Å². The van der Waals surface area contributed by atoms with E-state index < -0.39 is 28.8 Å². The van der Waals surface area contributed by atoms with E-state index in [-0.39, 0.29) is 18.1 Å². The van der Waals surface area contributed by atoms with Gasteiger partial charge >= 0.3 is 12.3 Å². The number of carbonyl (C=O) groups excluding carboxylic acids is 2. The average Bonchev–Trinajstić information content (AvgIpc) is 2.90. The molecule has 0 radical (unpaired) electrons. The second-order valence-corrected chi connectivity index (χ2v) is 8.35. The molecule has 2 saturated heterocycles. The third-order valence-corrected chi connectivity index (χ3v) is 5.28. The first-order valence-corrected chi connectivity index (χ1v) is 9.24. The summed E-state index contributed by atoms with van der Waals surface area (Å²) in [7, 11) is 0. The number of anilines is 1. The van der Waals surface area contributed by atoms with Crippen molar-refractivity contribution in [2.45, 2.75) is 51.8 Å². The molecule has 2 amide bonds. The fourth-order valence-corrected chi connectivity index (χ4v) is 3.80. The van der Waals surface area contributed by atoms with Gasteiger partial charge in [0, 0.05) is 25.8 Å². The summed E-state index contributed by atoms with van der Waals surface area (Å²) in [6, 6.07) is 0.888. The number of aromatic nitrogens is 1. The molecule has 0 bridgehead atoms. The molecular weight excluding hydrogens is 375 g/mol. The topological polar surface area (TPSA) is 62.7 Å². The van der Waals surface area contributed by atoms with Gasteiger partial charge in [-0.15, -0.1) is 0 Å². The lowest BCUT2D eigenvalue weighted by Gasteiger charge is -2.38. The van der Waals surface area contributed by atoms with Crippen molar-refractivity contribution >= 4 is 17.7 Å². The Kier molecular flexibility index (Phi) is 5.05. The summed E-state index contributed by atoms with van der Waals surface area (Å²) in [6.07, 6.45) is -1.56. The number of hydrogen-bond acceptors (Lipinski definition) is 4. The van der Waals surface area contributed by atoms with Gasteiger partial charge in [-0.3, -0.25) is 9.78 Å². The zero-order valence-electron chi connectivity index (χ0n) is 16.2. The average molecular weight is 399 g/mol. The molecule has 9 heteroatoms. The van der Waals surface area contributed by atoms with Crippen molar-refractivity contribution in [3.8, 4) is 0 Å². The van der Waals surface area contributed by atoms with Crippen molar-refractivity contribution in [2.24, 2.45) is 5.41 Å². The monoisotopic (exact) mass is 399 g/mol. The molecule has 2 fully saturated rings. The summed E-state index contributed by atoms with van der Waals surface area (Å²) < 4.78 is 45.3. The molecule has 1 aromatic rings. The van der Waals surface area contributed by atoms with Crippen LogP contribution in [0.4, 0.5) is 23.7 Å². The highest BCUT2D eigenvalue weighted by Crippen LogP contribution is 2.45. The van der Waals surface area contributed by atoms with Gasteiger partial charge in [0.15, 0.2) is 0 Å². The normalized spacial score (nSPS) is 20.0. The maximum atomic E-state index is 13.3. The minimum Gasteiger partial charge on any atom is -0.444 e. The van der Waals surface area contributed by atoms with E-state index >= 15 is 0 Å². The molecule has 0 atom stereocenters. The minimum atomic E-state index is -4.56. The zero-order valence-corrected chi connectivity index (χ0v) is 16.2. The Morgan fingerprint density at radius 1 is 1.14 bits per heavy atom. The number of hydrogen-bond donors (Lipinski definition) is 0. The molecule has 0 saturated carbocycles. The van der Waals surface area contributed by atoms with Crippen LogP contribution in [0.15, 0.2) is 18.5 Å². The van der Waals surface area contributed by atoms with Crippen molar-refractivity contribution in [1.29, 1.82) is 0 Å². The fourth-order valence-electron chi connectivity index (χ4n) is 3.80. The lowest BCUT2D eigenvalue weighted by atomic mass is 9.77. The summed E-state index contributed by atoms with van der Waals surface area (Å²) in [5.74, 6) is -0.324. The van der Waals surface area contributed by atoms with Crippen LogP contribution in [0, 0.1) is 5.41 Å². The Morgan fingerprint density at radius 3 is 2.32 bits per heavy atom. The molecule has 6 nitrogen and oxygen atoms in total. The quantitative estimate of drug-likeness (QED) is 0.720.